The molecule has 0 amide bonds. The summed E-state index contributed by atoms with van der Waals surface area (Å²) in [6.07, 6.45) is 3.30. The first-order chi connectivity index (χ1) is 12.5. The molecule has 26 heavy (non-hydrogen) atoms. The fourth-order valence-electron chi connectivity index (χ4n) is 4.16. The van der Waals surface area contributed by atoms with Gasteiger partial charge in [-0.05, 0) is 57.2 Å². The van der Waals surface area contributed by atoms with Crippen LogP contribution >= 0.6 is 15.9 Å². The average molecular weight is 420 g/mol. The summed E-state index contributed by atoms with van der Waals surface area (Å²) in [6.45, 7) is 2.18. The Balaban J connectivity index is 1.88. The zero-order valence-corrected chi connectivity index (χ0v) is 16.4. The molecule has 0 radical (unpaired) electrons. The van der Waals surface area contributed by atoms with E-state index >= 15 is 0 Å². The molecule has 1 heterocycles. The Morgan fingerprint density at radius 2 is 2.15 bits per heavy atom. The Morgan fingerprint density at radius 3 is 2.81 bits per heavy atom. The summed E-state index contributed by atoms with van der Waals surface area (Å²) in [6, 6.07) is 7.58. The lowest BCUT2D eigenvalue weighted by molar-refractivity contribution is -0.151. The van der Waals surface area contributed by atoms with Gasteiger partial charge in [0.1, 0.15) is 11.4 Å². The number of esters is 1. The molecular weight excluding hydrogens is 398 g/mol. The van der Waals surface area contributed by atoms with Gasteiger partial charge in [0.2, 0.25) is 0 Å². The Hall–Kier alpha value is -1.87. The van der Waals surface area contributed by atoms with Crippen LogP contribution in [0.5, 0.6) is 5.75 Å². The average Bonchev–Trinajstić information content (AvgIpc) is 2.62. The van der Waals surface area contributed by atoms with Crippen molar-refractivity contribution >= 4 is 27.7 Å². The maximum Gasteiger partial charge on any atom is 0.308 e. The fourth-order valence-corrected chi connectivity index (χ4v) is 4.50. The number of nitriles is 1. The maximum atomic E-state index is 13.1. The van der Waals surface area contributed by atoms with Crippen LogP contribution in [0.1, 0.15) is 55.8 Å². The van der Waals surface area contributed by atoms with Gasteiger partial charge in [-0.2, -0.15) is 5.26 Å². The SMILES string of the molecule is CCOC(=O)C1CCC2(CC1)Oc1cc(Br)ccc1C(=O)C2CCC#N. The summed E-state index contributed by atoms with van der Waals surface area (Å²) in [5.41, 5.74) is -0.0562. The van der Waals surface area contributed by atoms with Crippen molar-refractivity contribution in [3.8, 4) is 11.8 Å². The Bertz CT molecular complexity index is 747. The first kappa shape index (κ1) is 18.9. The largest absolute Gasteiger partial charge is 0.486 e. The topological polar surface area (TPSA) is 76.4 Å². The van der Waals surface area contributed by atoms with Gasteiger partial charge in [0, 0.05) is 10.9 Å². The third-order valence-electron chi connectivity index (χ3n) is 5.47. The normalized spacial score (nSPS) is 27.3. The van der Waals surface area contributed by atoms with E-state index in [-0.39, 0.29) is 23.6 Å². The molecular formula is C20H22BrNO4. The van der Waals surface area contributed by atoms with Gasteiger partial charge in [-0.1, -0.05) is 15.9 Å². The standard InChI is InChI=1S/C20H22BrNO4/c1-2-25-19(24)13-7-9-20(10-8-13)16(4-3-11-22)18(23)15-6-5-14(21)12-17(15)26-20/h5-6,12-13,16H,2-4,7-10H2,1H3. The Morgan fingerprint density at radius 1 is 1.42 bits per heavy atom. The highest BCUT2D eigenvalue weighted by atomic mass is 79.9. The van der Waals surface area contributed by atoms with Gasteiger partial charge in [-0.3, -0.25) is 9.59 Å². The van der Waals surface area contributed by atoms with Gasteiger partial charge >= 0.3 is 5.97 Å². The smallest absolute Gasteiger partial charge is 0.308 e. The molecule has 0 N–H and O–H groups in total. The number of hydrogen-bond donors (Lipinski definition) is 0. The lowest BCUT2D eigenvalue weighted by Gasteiger charge is -2.47. The van der Waals surface area contributed by atoms with Crippen LogP contribution in [-0.2, 0) is 9.53 Å². The van der Waals surface area contributed by atoms with Gasteiger partial charge in [0.25, 0.3) is 0 Å². The van der Waals surface area contributed by atoms with Crippen molar-refractivity contribution in [3.05, 3.63) is 28.2 Å². The molecule has 1 atom stereocenters. The lowest BCUT2D eigenvalue weighted by atomic mass is 9.67. The van der Waals surface area contributed by atoms with Crippen LogP contribution in [0, 0.1) is 23.2 Å². The number of rotatable bonds is 4. The van der Waals surface area contributed by atoms with Crippen LogP contribution in [0.15, 0.2) is 22.7 Å². The van der Waals surface area contributed by atoms with E-state index in [1.54, 1.807) is 13.0 Å². The number of Topliss-reactive ketones (excluding diaryl/α,β-unsaturated/α-hetero) is 1. The minimum absolute atomic E-state index is 0.0450. The molecule has 1 spiro atoms. The third-order valence-corrected chi connectivity index (χ3v) is 5.96. The van der Waals surface area contributed by atoms with Crippen LogP contribution in [0.25, 0.3) is 0 Å². The van der Waals surface area contributed by atoms with Crippen LogP contribution in [0.2, 0.25) is 0 Å². The van der Waals surface area contributed by atoms with Gasteiger partial charge in [0.15, 0.2) is 5.78 Å². The molecule has 5 nitrogen and oxygen atoms in total. The molecule has 6 heteroatoms. The molecule has 3 rings (SSSR count). The number of carbonyl (C=O) groups excluding carboxylic acids is 2. The first-order valence-corrected chi connectivity index (χ1v) is 9.86. The maximum absolute atomic E-state index is 13.1. The highest BCUT2D eigenvalue weighted by Gasteiger charge is 2.51. The quantitative estimate of drug-likeness (QED) is 0.674. The van der Waals surface area contributed by atoms with Crippen LogP contribution in [0.3, 0.4) is 0 Å². The van der Waals surface area contributed by atoms with Crippen LogP contribution in [-0.4, -0.2) is 24.0 Å². The van der Waals surface area contributed by atoms with Gasteiger partial charge in [0.05, 0.1) is 30.1 Å². The van der Waals surface area contributed by atoms with E-state index in [4.69, 9.17) is 14.7 Å². The summed E-state index contributed by atoms with van der Waals surface area (Å²) in [5, 5.41) is 9.01. The fraction of sp³-hybridized carbons (Fsp3) is 0.550. The molecule has 1 aromatic carbocycles. The van der Waals surface area contributed by atoms with E-state index in [0.717, 1.165) is 4.47 Å². The van der Waals surface area contributed by atoms with Crippen molar-refractivity contribution in [2.24, 2.45) is 11.8 Å². The second kappa shape index (κ2) is 7.79. The van der Waals surface area contributed by atoms with Crippen molar-refractivity contribution < 1.29 is 19.1 Å². The second-order valence-corrected chi connectivity index (χ2v) is 7.86. The number of ketones is 1. The zero-order chi connectivity index (χ0) is 18.7. The number of nitrogens with zero attached hydrogens (tertiary/aromatic N) is 1. The van der Waals surface area contributed by atoms with E-state index < -0.39 is 5.60 Å². The van der Waals surface area contributed by atoms with E-state index in [2.05, 4.69) is 22.0 Å². The predicted molar refractivity (Wildman–Crippen MR) is 98.8 cm³/mol. The summed E-state index contributed by atoms with van der Waals surface area (Å²) >= 11 is 3.43. The number of benzene rings is 1. The van der Waals surface area contributed by atoms with Crippen molar-refractivity contribution in [2.75, 3.05) is 6.61 Å². The Kier molecular flexibility index (Phi) is 5.67. The molecule has 2 aliphatic rings. The summed E-state index contributed by atoms with van der Waals surface area (Å²) < 4.78 is 12.4. The van der Waals surface area contributed by atoms with Crippen molar-refractivity contribution in [1.29, 1.82) is 5.26 Å². The zero-order valence-electron chi connectivity index (χ0n) is 14.8. The molecule has 138 valence electrons. The minimum atomic E-state index is -0.634. The highest BCUT2D eigenvalue weighted by molar-refractivity contribution is 9.10. The molecule has 1 aromatic rings. The molecule has 1 aliphatic carbocycles. The molecule has 1 unspecified atom stereocenters. The lowest BCUT2D eigenvalue weighted by Crippen LogP contribution is -2.53. The minimum Gasteiger partial charge on any atom is -0.486 e. The highest BCUT2D eigenvalue weighted by Crippen LogP contribution is 2.48. The van der Waals surface area contributed by atoms with Crippen molar-refractivity contribution in [3.63, 3.8) is 0 Å². The van der Waals surface area contributed by atoms with E-state index in [9.17, 15) is 9.59 Å². The molecule has 1 aliphatic heterocycles. The van der Waals surface area contributed by atoms with Crippen LogP contribution in [0.4, 0.5) is 0 Å². The molecule has 0 saturated heterocycles. The van der Waals surface area contributed by atoms with Crippen molar-refractivity contribution in [1.82, 2.24) is 0 Å². The number of ether oxygens (including phenoxy) is 2. The van der Waals surface area contributed by atoms with Gasteiger partial charge in [-0.25, -0.2) is 0 Å². The number of halogens is 1. The molecule has 0 bridgehead atoms. The molecule has 1 fully saturated rings. The molecule has 0 aromatic heterocycles. The van der Waals surface area contributed by atoms with E-state index in [0.29, 0.717) is 56.4 Å². The predicted octanol–water partition coefficient (Wildman–Crippen LogP) is 4.44. The van der Waals surface area contributed by atoms with Crippen molar-refractivity contribution in [2.45, 2.75) is 51.0 Å². The van der Waals surface area contributed by atoms with Gasteiger partial charge < -0.3 is 9.47 Å². The monoisotopic (exact) mass is 419 g/mol. The second-order valence-electron chi connectivity index (χ2n) is 6.95. The van der Waals surface area contributed by atoms with Gasteiger partial charge in [-0.15, -0.1) is 0 Å². The van der Waals surface area contributed by atoms with E-state index in [1.165, 1.54) is 0 Å². The summed E-state index contributed by atoms with van der Waals surface area (Å²) in [7, 11) is 0. The van der Waals surface area contributed by atoms with Crippen LogP contribution < -0.4 is 4.74 Å². The summed E-state index contributed by atoms with van der Waals surface area (Å²) in [5.74, 6) is -0.0178. The Labute approximate surface area is 161 Å². The molecule has 1 saturated carbocycles. The van der Waals surface area contributed by atoms with E-state index in [1.807, 2.05) is 12.1 Å². The number of fused-ring (bicyclic) bond motifs is 1. The number of hydrogen-bond acceptors (Lipinski definition) is 5. The first-order valence-electron chi connectivity index (χ1n) is 9.07. The number of carbonyl (C=O) groups is 2. The summed E-state index contributed by atoms with van der Waals surface area (Å²) in [4.78, 5) is 25.2. The third kappa shape index (κ3) is 3.50.